The highest BCUT2D eigenvalue weighted by atomic mass is 79.9. The lowest BCUT2D eigenvalue weighted by molar-refractivity contribution is -0.116. The van der Waals surface area contributed by atoms with Gasteiger partial charge in [0.25, 0.3) is 0 Å². The average molecular weight is 311 g/mol. The number of hydrogen-bond acceptors (Lipinski definition) is 2. The molecule has 5 heteroatoms. The van der Waals surface area contributed by atoms with Crippen LogP contribution in [0.5, 0.6) is 0 Å². The third kappa shape index (κ3) is 4.38. The van der Waals surface area contributed by atoms with Crippen LogP contribution in [0.1, 0.15) is 25.7 Å². The van der Waals surface area contributed by atoms with E-state index < -0.39 is 0 Å². The van der Waals surface area contributed by atoms with Crippen molar-refractivity contribution >= 4 is 27.5 Å². The minimum atomic E-state index is -0.218. The molecule has 4 nitrogen and oxygen atoms in total. The molecule has 0 aromatic carbocycles. The molecule has 1 aromatic heterocycles. The monoisotopic (exact) mass is 310 g/mol. The van der Waals surface area contributed by atoms with Crippen molar-refractivity contribution in [1.29, 1.82) is 0 Å². The van der Waals surface area contributed by atoms with Crippen molar-refractivity contribution < 1.29 is 4.79 Å². The maximum atomic E-state index is 11.7. The first-order valence-electron chi connectivity index (χ1n) is 5.63. The zero-order chi connectivity index (χ0) is 13.5. The van der Waals surface area contributed by atoms with Crippen molar-refractivity contribution in [2.24, 2.45) is 7.05 Å². The first-order valence-corrected chi connectivity index (χ1v) is 6.43. The number of carbonyl (C=O) groups is 1. The Bertz CT molecular complexity index is 529. The van der Waals surface area contributed by atoms with Gasteiger partial charge in [-0.25, -0.2) is 0 Å². The average Bonchev–Trinajstić information content (AvgIpc) is 2.31. The van der Waals surface area contributed by atoms with Crippen LogP contribution in [-0.2, 0) is 11.8 Å². The minimum Gasteiger partial charge on any atom is -0.354 e. The van der Waals surface area contributed by atoms with Gasteiger partial charge in [0.05, 0.1) is 4.47 Å². The molecule has 0 aliphatic heterocycles. The van der Waals surface area contributed by atoms with Gasteiger partial charge in [-0.2, -0.15) is 0 Å². The number of nitrogens with one attached hydrogen (secondary N) is 1. The van der Waals surface area contributed by atoms with Gasteiger partial charge < -0.3 is 9.88 Å². The van der Waals surface area contributed by atoms with Crippen LogP contribution in [0.2, 0.25) is 0 Å². The number of anilines is 1. The maximum absolute atomic E-state index is 11.7. The van der Waals surface area contributed by atoms with Crippen LogP contribution in [0, 0.1) is 12.3 Å². The van der Waals surface area contributed by atoms with Gasteiger partial charge in [0, 0.05) is 32.3 Å². The van der Waals surface area contributed by atoms with E-state index in [1.165, 1.54) is 0 Å². The van der Waals surface area contributed by atoms with E-state index in [0.717, 1.165) is 12.8 Å². The SMILES string of the molecule is C#CCCCCC(=O)Nc1cn(C)cc(Br)c1=O. The summed E-state index contributed by atoms with van der Waals surface area (Å²) in [6.45, 7) is 0. The Morgan fingerprint density at radius 1 is 1.50 bits per heavy atom. The Labute approximate surface area is 115 Å². The molecule has 1 aromatic rings. The first kappa shape index (κ1) is 14.5. The zero-order valence-corrected chi connectivity index (χ0v) is 11.8. The second kappa shape index (κ2) is 7.02. The number of amides is 1. The summed E-state index contributed by atoms with van der Waals surface area (Å²) in [5.74, 6) is 2.36. The second-order valence-corrected chi connectivity index (χ2v) is 4.83. The molecule has 0 aliphatic carbocycles. The quantitative estimate of drug-likeness (QED) is 0.670. The Hall–Kier alpha value is -1.54. The van der Waals surface area contributed by atoms with Gasteiger partial charge in [0.1, 0.15) is 5.69 Å². The lowest BCUT2D eigenvalue weighted by atomic mass is 10.2. The molecule has 0 aliphatic rings. The summed E-state index contributed by atoms with van der Waals surface area (Å²) in [6.07, 6.45) is 10.9. The van der Waals surface area contributed by atoms with Crippen LogP contribution in [0.4, 0.5) is 5.69 Å². The molecular weight excluding hydrogens is 296 g/mol. The fourth-order valence-electron chi connectivity index (χ4n) is 1.48. The minimum absolute atomic E-state index is 0.165. The Morgan fingerprint density at radius 3 is 2.89 bits per heavy atom. The maximum Gasteiger partial charge on any atom is 0.224 e. The van der Waals surface area contributed by atoms with Crippen LogP contribution in [0.25, 0.3) is 0 Å². The van der Waals surface area contributed by atoms with E-state index in [9.17, 15) is 9.59 Å². The Balaban J connectivity index is 2.60. The van der Waals surface area contributed by atoms with E-state index in [-0.39, 0.29) is 17.0 Å². The molecule has 1 N–H and O–H groups in total. The van der Waals surface area contributed by atoms with E-state index >= 15 is 0 Å². The summed E-state index contributed by atoms with van der Waals surface area (Å²) in [7, 11) is 1.78. The topological polar surface area (TPSA) is 51.1 Å². The third-order valence-electron chi connectivity index (χ3n) is 2.36. The largest absolute Gasteiger partial charge is 0.354 e. The van der Waals surface area contributed by atoms with Gasteiger partial charge in [0.2, 0.25) is 11.3 Å². The van der Waals surface area contributed by atoms with E-state index in [4.69, 9.17) is 6.42 Å². The van der Waals surface area contributed by atoms with Crippen LogP contribution >= 0.6 is 15.9 Å². The van der Waals surface area contributed by atoms with Gasteiger partial charge in [-0.1, -0.05) is 0 Å². The van der Waals surface area contributed by atoms with Gasteiger partial charge >= 0.3 is 0 Å². The van der Waals surface area contributed by atoms with E-state index in [1.54, 1.807) is 24.0 Å². The van der Waals surface area contributed by atoms with Gasteiger partial charge in [-0.05, 0) is 28.8 Å². The molecule has 0 saturated heterocycles. The van der Waals surface area contributed by atoms with Crippen molar-refractivity contribution in [2.75, 3.05) is 5.32 Å². The van der Waals surface area contributed by atoms with Gasteiger partial charge in [-0.3, -0.25) is 9.59 Å². The third-order valence-corrected chi connectivity index (χ3v) is 2.93. The van der Waals surface area contributed by atoms with Crippen molar-refractivity contribution in [3.05, 3.63) is 27.1 Å². The predicted octanol–water partition coefficient (Wildman–Crippen LogP) is 2.28. The normalized spacial score (nSPS) is 9.83. The van der Waals surface area contributed by atoms with Gasteiger partial charge in [0.15, 0.2) is 0 Å². The number of terminal acetylenes is 1. The van der Waals surface area contributed by atoms with Crippen LogP contribution in [0.15, 0.2) is 21.7 Å². The smallest absolute Gasteiger partial charge is 0.224 e. The molecule has 0 spiro atoms. The molecule has 96 valence electrons. The lowest BCUT2D eigenvalue weighted by Crippen LogP contribution is -2.19. The summed E-state index contributed by atoms with van der Waals surface area (Å²) in [4.78, 5) is 23.4. The van der Waals surface area contributed by atoms with Crippen LogP contribution in [0.3, 0.4) is 0 Å². The summed E-state index contributed by atoms with van der Waals surface area (Å²) in [5.41, 5.74) is 0.0684. The van der Waals surface area contributed by atoms with Crippen LogP contribution in [-0.4, -0.2) is 10.5 Å². The molecule has 0 radical (unpaired) electrons. The van der Waals surface area contributed by atoms with Crippen LogP contribution < -0.4 is 10.7 Å². The fraction of sp³-hybridized carbons (Fsp3) is 0.385. The number of rotatable bonds is 5. The van der Waals surface area contributed by atoms with Crippen molar-refractivity contribution in [3.8, 4) is 12.3 Å². The lowest BCUT2D eigenvalue weighted by Gasteiger charge is -2.07. The number of aryl methyl sites for hydroxylation is 1. The molecule has 18 heavy (non-hydrogen) atoms. The highest BCUT2D eigenvalue weighted by molar-refractivity contribution is 9.10. The van der Waals surface area contributed by atoms with Gasteiger partial charge in [-0.15, -0.1) is 12.3 Å². The number of carbonyl (C=O) groups excluding carboxylic acids is 1. The molecular formula is C13H15BrN2O2. The fourth-order valence-corrected chi connectivity index (χ4v) is 2.02. The molecule has 1 heterocycles. The van der Waals surface area contributed by atoms with E-state index in [1.807, 2.05) is 0 Å². The number of halogens is 1. The molecule has 0 saturated carbocycles. The number of nitrogens with zero attached hydrogens (tertiary/aromatic N) is 1. The van der Waals surface area contributed by atoms with E-state index in [0.29, 0.717) is 17.3 Å². The summed E-state index contributed by atoms with van der Waals surface area (Å²) in [5, 5.41) is 2.61. The van der Waals surface area contributed by atoms with Crippen molar-refractivity contribution in [1.82, 2.24) is 4.57 Å². The number of unbranched alkanes of at least 4 members (excludes halogenated alkanes) is 2. The number of hydrogen-bond donors (Lipinski definition) is 1. The molecule has 1 rings (SSSR count). The van der Waals surface area contributed by atoms with Crippen molar-refractivity contribution in [3.63, 3.8) is 0 Å². The standard InChI is InChI=1S/C13H15BrN2O2/c1-3-4-5-6-7-12(17)15-11-9-16(2)8-10(14)13(11)18/h1,8-9H,4-7H2,2H3,(H,15,17). The Kier molecular flexibility index (Phi) is 5.66. The summed E-state index contributed by atoms with van der Waals surface area (Å²) in [6, 6.07) is 0. The molecule has 0 fully saturated rings. The number of pyridine rings is 1. The molecule has 0 bridgehead atoms. The van der Waals surface area contributed by atoms with E-state index in [2.05, 4.69) is 27.2 Å². The second-order valence-electron chi connectivity index (χ2n) is 3.97. The number of aromatic nitrogens is 1. The predicted molar refractivity (Wildman–Crippen MR) is 75.3 cm³/mol. The molecule has 0 unspecified atom stereocenters. The highest BCUT2D eigenvalue weighted by Gasteiger charge is 2.08. The first-order chi connectivity index (χ1) is 8.54. The summed E-state index contributed by atoms with van der Waals surface area (Å²) >= 11 is 3.15. The zero-order valence-electron chi connectivity index (χ0n) is 10.2. The Morgan fingerprint density at radius 2 is 2.22 bits per heavy atom. The molecule has 0 atom stereocenters. The summed E-state index contributed by atoms with van der Waals surface area (Å²) < 4.78 is 2.13. The van der Waals surface area contributed by atoms with Crippen molar-refractivity contribution in [2.45, 2.75) is 25.7 Å². The highest BCUT2D eigenvalue weighted by Crippen LogP contribution is 2.09. The molecule has 1 amide bonds.